The molecule has 27 heavy (non-hydrogen) atoms. The summed E-state index contributed by atoms with van der Waals surface area (Å²) >= 11 is 0. The standard InChI is InChI=1S/C20H19FN2O4/c21-15-4-2-1-3-14(15)11-23-16(6-8-19(23)24)20(25)22-10-13-5-7-17-18(9-13)27-12-26-17/h1-5,7,9,16H,6,8,10-12H2,(H,22,25). The van der Waals surface area contributed by atoms with Crippen LogP contribution in [0.4, 0.5) is 4.39 Å². The molecule has 1 fully saturated rings. The lowest BCUT2D eigenvalue weighted by atomic mass is 10.1. The van der Waals surface area contributed by atoms with Gasteiger partial charge in [0.15, 0.2) is 11.5 Å². The van der Waals surface area contributed by atoms with E-state index in [0.717, 1.165) is 5.56 Å². The number of carbonyl (C=O) groups excluding carboxylic acids is 2. The number of rotatable bonds is 5. The van der Waals surface area contributed by atoms with Crippen molar-refractivity contribution in [3.63, 3.8) is 0 Å². The summed E-state index contributed by atoms with van der Waals surface area (Å²) in [6, 6.07) is 11.2. The zero-order valence-corrected chi connectivity index (χ0v) is 14.6. The molecule has 7 heteroatoms. The molecule has 2 aliphatic heterocycles. The second-order valence-corrected chi connectivity index (χ2v) is 6.57. The number of hydrogen-bond acceptors (Lipinski definition) is 4. The van der Waals surface area contributed by atoms with Crippen LogP contribution in [0.25, 0.3) is 0 Å². The summed E-state index contributed by atoms with van der Waals surface area (Å²) < 4.78 is 24.5. The van der Waals surface area contributed by atoms with E-state index < -0.39 is 6.04 Å². The number of amides is 2. The van der Waals surface area contributed by atoms with Gasteiger partial charge in [-0.3, -0.25) is 9.59 Å². The van der Waals surface area contributed by atoms with Gasteiger partial charge in [0.1, 0.15) is 11.9 Å². The predicted molar refractivity (Wildman–Crippen MR) is 94.4 cm³/mol. The molecule has 2 amide bonds. The van der Waals surface area contributed by atoms with Crippen LogP contribution in [0.15, 0.2) is 42.5 Å². The van der Waals surface area contributed by atoms with Gasteiger partial charge in [-0.25, -0.2) is 4.39 Å². The Morgan fingerprint density at radius 1 is 1.19 bits per heavy atom. The molecule has 0 spiro atoms. The predicted octanol–water partition coefficient (Wildman–Crippen LogP) is 2.36. The first-order chi connectivity index (χ1) is 13.1. The molecular weight excluding hydrogens is 351 g/mol. The highest BCUT2D eigenvalue weighted by molar-refractivity contribution is 5.90. The maximum absolute atomic E-state index is 13.9. The van der Waals surface area contributed by atoms with E-state index >= 15 is 0 Å². The van der Waals surface area contributed by atoms with Crippen molar-refractivity contribution in [2.45, 2.75) is 32.0 Å². The average molecular weight is 370 g/mol. The maximum Gasteiger partial charge on any atom is 0.243 e. The first kappa shape index (κ1) is 17.3. The summed E-state index contributed by atoms with van der Waals surface area (Å²) in [6.45, 7) is 0.599. The second kappa shape index (κ2) is 7.26. The Morgan fingerprint density at radius 3 is 2.85 bits per heavy atom. The number of nitrogens with one attached hydrogen (secondary N) is 1. The van der Waals surface area contributed by atoms with Crippen LogP contribution in [0, 0.1) is 5.82 Å². The smallest absolute Gasteiger partial charge is 0.243 e. The van der Waals surface area contributed by atoms with Gasteiger partial charge in [-0.05, 0) is 30.2 Å². The monoisotopic (exact) mass is 370 g/mol. The Hall–Kier alpha value is -3.09. The SMILES string of the molecule is O=C(NCc1ccc2c(c1)OCO2)C1CCC(=O)N1Cc1ccccc1F. The Balaban J connectivity index is 1.41. The first-order valence-corrected chi connectivity index (χ1v) is 8.81. The molecule has 2 heterocycles. The number of nitrogens with zero attached hydrogens (tertiary/aromatic N) is 1. The van der Waals surface area contributed by atoms with Crippen LogP contribution in [0.3, 0.4) is 0 Å². The zero-order valence-electron chi connectivity index (χ0n) is 14.6. The van der Waals surface area contributed by atoms with Crippen LogP contribution in [0.5, 0.6) is 11.5 Å². The lowest BCUT2D eigenvalue weighted by Crippen LogP contribution is -2.44. The van der Waals surface area contributed by atoms with Gasteiger partial charge in [0.25, 0.3) is 0 Å². The number of benzene rings is 2. The molecule has 2 aliphatic rings. The van der Waals surface area contributed by atoms with Gasteiger partial charge in [-0.2, -0.15) is 0 Å². The van der Waals surface area contributed by atoms with Crippen LogP contribution >= 0.6 is 0 Å². The number of carbonyl (C=O) groups is 2. The van der Waals surface area contributed by atoms with Crippen LogP contribution in [0.1, 0.15) is 24.0 Å². The van der Waals surface area contributed by atoms with Crippen molar-refractivity contribution in [3.8, 4) is 11.5 Å². The minimum atomic E-state index is -0.592. The molecule has 1 N–H and O–H groups in total. The zero-order chi connectivity index (χ0) is 18.8. The molecule has 6 nitrogen and oxygen atoms in total. The van der Waals surface area contributed by atoms with Crippen molar-refractivity contribution in [1.82, 2.24) is 10.2 Å². The summed E-state index contributed by atoms with van der Waals surface area (Å²) in [5.74, 6) is 0.578. The fourth-order valence-electron chi connectivity index (χ4n) is 3.37. The molecule has 140 valence electrons. The summed E-state index contributed by atoms with van der Waals surface area (Å²) in [4.78, 5) is 26.3. The van der Waals surface area contributed by atoms with Crippen molar-refractivity contribution in [3.05, 3.63) is 59.4 Å². The van der Waals surface area contributed by atoms with E-state index in [1.165, 1.54) is 11.0 Å². The molecule has 0 aliphatic carbocycles. The summed E-state index contributed by atoms with van der Waals surface area (Å²) in [6.07, 6.45) is 0.719. The first-order valence-electron chi connectivity index (χ1n) is 8.81. The molecule has 2 aromatic carbocycles. The molecule has 4 rings (SSSR count). The topological polar surface area (TPSA) is 67.9 Å². The highest BCUT2D eigenvalue weighted by Gasteiger charge is 2.36. The van der Waals surface area contributed by atoms with E-state index in [9.17, 15) is 14.0 Å². The van der Waals surface area contributed by atoms with Gasteiger partial charge in [0.05, 0.1) is 0 Å². The highest BCUT2D eigenvalue weighted by atomic mass is 19.1. The number of hydrogen-bond donors (Lipinski definition) is 1. The molecule has 0 saturated carbocycles. The number of ether oxygens (including phenoxy) is 2. The Morgan fingerprint density at radius 2 is 2.00 bits per heavy atom. The largest absolute Gasteiger partial charge is 0.454 e. The minimum Gasteiger partial charge on any atom is -0.454 e. The lowest BCUT2D eigenvalue weighted by molar-refractivity contribution is -0.135. The van der Waals surface area contributed by atoms with E-state index in [0.29, 0.717) is 30.0 Å². The van der Waals surface area contributed by atoms with Crippen LogP contribution in [-0.4, -0.2) is 29.5 Å². The average Bonchev–Trinajstić information content (AvgIpc) is 3.28. The van der Waals surface area contributed by atoms with Crippen LogP contribution in [-0.2, 0) is 22.7 Å². The third-order valence-corrected chi connectivity index (χ3v) is 4.83. The Bertz CT molecular complexity index is 886. The maximum atomic E-state index is 13.9. The third-order valence-electron chi connectivity index (χ3n) is 4.83. The van der Waals surface area contributed by atoms with E-state index in [2.05, 4.69) is 5.32 Å². The minimum absolute atomic E-state index is 0.0909. The van der Waals surface area contributed by atoms with Gasteiger partial charge >= 0.3 is 0 Å². The fourth-order valence-corrected chi connectivity index (χ4v) is 3.37. The normalized spacial score (nSPS) is 18.0. The van der Waals surface area contributed by atoms with Gasteiger partial charge in [0, 0.05) is 25.1 Å². The molecule has 1 unspecified atom stereocenters. The summed E-state index contributed by atoms with van der Waals surface area (Å²) in [5, 5.41) is 2.86. The Kier molecular flexibility index (Phi) is 4.66. The van der Waals surface area contributed by atoms with Crippen molar-refractivity contribution in [1.29, 1.82) is 0 Å². The highest BCUT2D eigenvalue weighted by Crippen LogP contribution is 2.32. The molecule has 0 aromatic heterocycles. The Labute approximate surface area is 155 Å². The van der Waals surface area contributed by atoms with E-state index in [-0.39, 0.29) is 37.4 Å². The number of likely N-dealkylation sites (tertiary alicyclic amines) is 1. The molecule has 1 atom stereocenters. The third kappa shape index (κ3) is 3.58. The van der Waals surface area contributed by atoms with E-state index in [4.69, 9.17) is 9.47 Å². The summed E-state index contributed by atoms with van der Waals surface area (Å²) in [5.41, 5.74) is 1.28. The molecule has 0 radical (unpaired) electrons. The van der Waals surface area contributed by atoms with Crippen molar-refractivity contribution >= 4 is 11.8 Å². The number of halogens is 1. The van der Waals surface area contributed by atoms with Crippen LogP contribution in [0.2, 0.25) is 0 Å². The van der Waals surface area contributed by atoms with Gasteiger partial charge in [-0.15, -0.1) is 0 Å². The van der Waals surface area contributed by atoms with Crippen LogP contribution < -0.4 is 14.8 Å². The number of fused-ring (bicyclic) bond motifs is 1. The van der Waals surface area contributed by atoms with Crippen molar-refractivity contribution in [2.75, 3.05) is 6.79 Å². The molecule has 0 bridgehead atoms. The van der Waals surface area contributed by atoms with E-state index in [1.807, 2.05) is 12.1 Å². The second-order valence-electron chi connectivity index (χ2n) is 6.57. The molecular formula is C20H19FN2O4. The van der Waals surface area contributed by atoms with E-state index in [1.54, 1.807) is 24.3 Å². The fraction of sp³-hybridized carbons (Fsp3) is 0.300. The van der Waals surface area contributed by atoms with Gasteiger partial charge in [0.2, 0.25) is 18.6 Å². The van der Waals surface area contributed by atoms with Gasteiger partial charge in [-0.1, -0.05) is 24.3 Å². The van der Waals surface area contributed by atoms with Gasteiger partial charge < -0.3 is 19.7 Å². The molecule has 2 aromatic rings. The quantitative estimate of drug-likeness (QED) is 0.877. The summed E-state index contributed by atoms with van der Waals surface area (Å²) in [7, 11) is 0. The lowest BCUT2D eigenvalue weighted by Gasteiger charge is -2.24. The van der Waals surface area contributed by atoms with Crippen molar-refractivity contribution in [2.24, 2.45) is 0 Å². The molecule has 1 saturated heterocycles. The van der Waals surface area contributed by atoms with Crippen molar-refractivity contribution < 1.29 is 23.5 Å².